The number of carboxylic acids is 2. The predicted molar refractivity (Wildman–Crippen MR) is 227 cm³/mol. The van der Waals surface area contributed by atoms with Gasteiger partial charge in [0.25, 0.3) is 0 Å². The number of morpholine rings is 1. The second-order valence-corrected chi connectivity index (χ2v) is 16.2. The Labute approximate surface area is 338 Å². The lowest BCUT2D eigenvalue weighted by Gasteiger charge is -2.39. The predicted octanol–water partition coefficient (Wildman–Crippen LogP) is 9.19. The lowest BCUT2D eigenvalue weighted by Crippen LogP contribution is -2.37. The third-order valence-electron chi connectivity index (χ3n) is 12.7. The van der Waals surface area contributed by atoms with E-state index >= 15 is 0 Å². The lowest BCUT2D eigenvalue weighted by atomic mass is 9.76. The third kappa shape index (κ3) is 6.20. The van der Waals surface area contributed by atoms with E-state index in [4.69, 9.17) is 14.2 Å². The van der Waals surface area contributed by atoms with E-state index in [1.54, 1.807) is 7.11 Å². The van der Waals surface area contributed by atoms with Gasteiger partial charge in [-0.1, -0.05) is 92.2 Å². The topological polar surface area (TPSA) is 109 Å². The summed E-state index contributed by atoms with van der Waals surface area (Å²) < 4.78 is 19.4. The molecule has 296 valence electrons. The number of ether oxygens (including phenoxy) is 3. The molecule has 1 unspecified atom stereocenters. The molecule has 0 amide bonds. The van der Waals surface area contributed by atoms with Crippen LogP contribution in [-0.2, 0) is 25.3 Å². The Kier molecular flexibility index (Phi) is 9.51. The summed E-state index contributed by atoms with van der Waals surface area (Å²) in [5.74, 6) is -0.533. The van der Waals surface area contributed by atoms with Crippen LogP contribution in [0.3, 0.4) is 0 Å². The molecule has 9 nitrogen and oxygen atoms in total. The molecule has 1 aliphatic carbocycles. The summed E-state index contributed by atoms with van der Waals surface area (Å²) in [5.41, 5.74) is 9.87. The van der Waals surface area contributed by atoms with Gasteiger partial charge in [-0.3, -0.25) is 4.79 Å². The monoisotopic (exact) mass is 776 g/mol. The summed E-state index contributed by atoms with van der Waals surface area (Å²) in [4.78, 5) is 28.1. The number of carboxylic acid groups (broad SMARTS) is 2. The highest BCUT2D eigenvalue weighted by molar-refractivity contribution is 6.10. The summed E-state index contributed by atoms with van der Waals surface area (Å²) in [6.07, 6.45) is 5.37. The molecule has 4 aliphatic rings. The molecule has 58 heavy (non-hydrogen) atoms. The van der Waals surface area contributed by atoms with E-state index in [0.29, 0.717) is 31.7 Å². The van der Waals surface area contributed by atoms with Crippen molar-refractivity contribution in [1.82, 2.24) is 0 Å². The summed E-state index contributed by atoms with van der Waals surface area (Å²) in [5, 5.41) is 21.2. The summed E-state index contributed by atoms with van der Waals surface area (Å²) in [6, 6.07) is 32.2. The molecule has 0 saturated carbocycles. The van der Waals surface area contributed by atoms with Gasteiger partial charge in [0.1, 0.15) is 11.5 Å². The van der Waals surface area contributed by atoms with Crippen molar-refractivity contribution in [3.63, 3.8) is 0 Å². The molecular weight excluding hydrogens is 729 g/mol. The number of benzene rings is 5. The molecule has 9 rings (SSSR count). The van der Waals surface area contributed by atoms with Gasteiger partial charge < -0.3 is 34.2 Å². The van der Waals surface area contributed by atoms with E-state index in [1.165, 1.54) is 22.3 Å². The van der Waals surface area contributed by atoms with E-state index in [1.807, 2.05) is 6.07 Å². The first-order valence-corrected chi connectivity index (χ1v) is 20.2. The molecule has 0 bridgehead atoms. The van der Waals surface area contributed by atoms with Gasteiger partial charge in [0.2, 0.25) is 0 Å². The van der Waals surface area contributed by atoms with Crippen LogP contribution >= 0.6 is 0 Å². The molecule has 5 aromatic rings. The Morgan fingerprint density at radius 2 is 1.48 bits per heavy atom. The van der Waals surface area contributed by atoms with Gasteiger partial charge in [0.15, 0.2) is 5.60 Å². The molecule has 9 heteroatoms. The fraction of sp³-hybridized carbons (Fsp3) is 0.306. The van der Waals surface area contributed by atoms with Crippen LogP contribution in [0.4, 0.5) is 11.4 Å². The minimum Gasteiger partial charge on any atom is -0.495 e. The number of piperidine rings is 1. The maximum absolute atomic E-state index is 12.2. The molecule has 0 spiro atoms. The summed E-state index contributed by atoms with van der Waals surface area (Å²) in [6.45, 7) is 8.91. The number of hydrogen-bond donors (Lipinski definition) is 2. The van der Waals surface area contributed by atoms with Crippen LogP contribution < -0.4 is 19.3 Å². The van der Waals surface area contributed by atoms with Crippen LogP contribution in [0.25, 0.3) is 28.0 Å². The fourth-order valence-corrected chi connectivity index (χ4v) is 9.77. The van der Waals surface area contributed by atoms with Gasteiger partial charge in [-0.2, -0.15) is 0 Å². The second kappa shape index (κ2) is 14.7. The zero-order valence-corrected chi connectivity index (χ0v) is 33.2. The molecule has 5 aromatic carbocycles. The minimum absolute atomic E-state index is 0.0165. The van der Waals surface area contributed by atoms with Gasteiger partial charge in [0, 0.05) is 71.4 Å². The number of rotatable bonds is 9. The fourth-order valence-electron chi connectivity index (χ4n) is 9.77. The van der Waals surface area contributed by atoms with Crippen LogP contribution in [0.1, 0.15) is 67.3 Å². The number of fused-ring (bicyclic) bond motifs is 8. The first kappa shape index (κ1) is 37.5. The standard InChI is InChI=1S/C49H48N2O7/c1-48(2)40-12-8-7-11-36(40)44-38-29-41(51-23-20-31(21-24-51)35(47(54)55)17-18-43(52)53)42(56-3)30-39(38)46-37(45(44)48)19-22-49(58-46,32-9-5-4-6-10-32)33-13-15-34(16-14-33)50-25-27-57-28-26-50/h4-16,19,22,29-30H,17-18,20-21,23-28H2,1-3H3,(H,52,53)(H,54,55). The highest BCUT2D eigenvalue weighted by Crippen LogP contribution is 2.59. The van der Waals surface area contributed by atoms with Crippen molar-refractivity contribution in [3.8, 4) is 22.6 Å². The molecule has 2 saturated heterocycles. The van der Waals surface area contributed by atoms with Gasteiger partial charge in [0.05, 0.1) is 26.0 Å². The van der Waals surface area contributed by atoms with E-state index in [-0.39, 0.29) is 23.8 Å². The first-order valence-electron chi connectivity index (χ1n) is 20.2. The first-order chi connectivity index (χ1) is 28.1. The Morgan fingerprint density at radius 1 is 0.793 bits per heavy atom. The van der Waals surface area contributed by atoms with Gasteiger partial charge in [-0.05, 0) is 77.2 Å². The zero-order valence-electron chi connectivity index (χ0n) is 33.2. The molecule has 2 fully saturated rings. The van der Waals surface area contributed by atoms with Crippen molar-refractivity contribution >= 4 is 40.2 Å². The van der Waals surface area contributed by atoms with E-state index in [0.717, 1.165) is 76.5 Å². The quantitative estimate of drug-likeness (QED) is 0.142. The van der Waals surface area contributed by atoms with Crippen LogP contribution in [0.15, 0.2) is 108 Å². The number of nitrogens with zero attached hydrogens (tertiary/aromatic N) is 2. The average molecular weight is 777 g/mol. The Balaban J connectivity index is 1.21. The highest BCUT2D eigenvalue weighted by Gasteiger charge is 2.44. The van der Waals surface area contributed by atoms with Gasteiger partial charge >= 0.3 is 11.9 Å². The molecule has 3 aliphatic heterocycles. The van der Waals surface area contributed by atoms with Crippen LogP contribution in [0.5, 0.6) is 11.5 Å². The van der Waals surface area contributed by atoms with Gasteiger partial charge in [-0.25, -0.2) is 4.79 Å². The summed E-state index contributed by atoms with van der Waals surface area (Å²) in [7, 11) is 1.69. The number of anilines is 2. The Bertz CT molecular complexity index is 2490. The largest absolute Gasteiger partial charge is 0.495 e. The number of aliphatic carboxylic acids is 2. The molecular formula is C49H48N2O7. The van der Waals surface area contributed by atoms with Crippen molar-refractivity contribution < 1.29 is 34.0 Å². The SMILES string of the molecule is COc1cc2c3c(c4c(c2cc1N1CCC(=C(CCC(=O)O)C(=O)O)CC1)-c1ccccc1C4(C)C)C=CC(c1ccccc1)(c1ccc(N2CCOCC2)cc1)O3. The van der Waals surface area contributed by atoms with E-state index in [9.17, 15) is 19.8 Å². The minimum atomic E-state index is -1.04. The zero-order chi connectivity index (χ0) is 40.2. The average Bonchev–Trinajstić information content (AvgIpc) is 3.50. The maximum atomic E-state index is 12.2. The number of hydrogen-bond acceptors (Lipinski definition) is 7. The molecule has 1 atom stereocenters. The van der Waals surface area contributed by atoms with E-state index < -0.39 is 17.5 Å². The highest BCUT2D eigenvalue weighted by atomic mass is 16.5. The number of carbonyl (C=O) groups is 2. The Hall–Kier alpha value is -6.06. The maximum Gasteiger partial charge on any atom is 0.331 e. The van der Waals surface area contributed by atoms with Gasteiger partial charge in [-0.15, -0.1) is 0 Å². The van der Waals surface area contributed by atoms with E-state index in [2.05, 4.69) is 121 Å². The molecule has 0 radical (unpaired) electrons. The van der Waals surface area contributed by atoms with Crippen molar-refractivity contribution in [2.45, 2.75) is 50.5 Å². The second-order valence-electron chi connectivity index (χ2n) is 16.2. The molecule has 3 heterocycles. The molecule has 2 N–H and O–H groups in total. The van der Waals surface area contributed by atoms with Crippen LogP contribution in [0.2, 0.25) is 0 Å². The van der Waals surface area contributed by atoms with Crippen molar-refractivity contribution in [2.75, 3.05) is 56.3 Å². The smallest absolute Gasteiger partial charge is 0.331 e. The van der Waals surface area contributed by atoms with Crippen LogP contribution in [0, 0.1) is 0 Å². The van der Waals surface area contributed by atoms with Crippen molar-refractivity contribution in [2.24, 2.45) is 0 Å². The normalized spacial score (nSPS) is 19.3. The molecule has 0 aromatic heterocycles. The summed E-state index contributed by atoms with van der Waals surface area (Å²) >= 11 is 0. The lowest BCUT2D eigenvalue weighted by molar-refractivity contribution is -0.137. The van der Waals surface area contributed by atoms with Crippen molar-refractivity contribution in [1.29, 1.82) is 0 Å². The van der Waals surface area contributed by atoms with Crippen molar-refractivity contribution in [3.05, 3.63) is 136 Å². The Morgan fingerprint density at radius 3 is 2.17 bits per heavy atom. The van der Waals surface area contributed by atoms with Crippen LogP contribution in [-0.4, -0.2) is 68.7 Å². The number of methoxy groups -OCH3 is 1. The third-order valence-corrected chi connectivity index (χ3v) is 12.7.